The Labute approximate surface area is 147 Å². The van der Waals surface area contributed by atoms with Crippen LogP contribution in [0.4, 0.5) is 5.69 Å². The summed E-state index contributed by atoms with van der Waals surface area (Å²) >= 11 is 5.82. The Morgan fingerprint density at radius 1 is 1.20 bits per heavy atom. The molecule has 1 N–H and O–H groups in total. The van der Waals surface area contributed by atoms with Crippen LogP contribution >= 0.6 is 11.6 Å². The molecule has 0 aliphatic carbocycles. The summed E-state index contributed by atoms with van der Waals surface area (Å²) in [5.74, 6) is -0.0444. The number of carbonyl (C=O) groups is 1. The molecule has 0 fully saturated rings. The first-order valence-corrected chi connectivity index (χ1v) is 7.65. The maximum absolute atomic E-state index is 12.2. The van der Waals surface area contributed by atoms with Crippen molar-refractivity contribution in [2.24, 2.45) is 0 Å². The lowest BCUT2D eigenvalue weighted by Gasteiger charge is -2.04. The topological polar surface area (TPSA) is 98.3 Å². The average Bonchev–Trinajstić information content (AvgIpc) is 3.09. The molecule has 0 unspecified atom stereocenters. The quantitative estimate of drug-likeness (QED) is 0.552. The van der Waals surface area contributed by atoms with Crippen molar-refractivity contribution in [3.8, 4) is 11.3 Å². The molecule has 0 saturated heterocycles. The molecule has 8 heteroatoms. The zero-order valence-electron chi connectivity index (χ0n) is 12.8. The number of hydrogen-bond donors (Lipinski definition) is 1. The van der Waals surface area contributed by atoms with Gasteiger partial charge in [-0.05, 0) is 12.1 Å². The molecule has 0 spiro atoms. The molecular weight excluding hydrogens is 346 g/mol. The first-order valence-electron chi connectivity index (χ1n) is 7.28. The molecule has 1 amide bonds. The van der Waals surface area contributed by atoms with Gasteiger partial charge < -0.3 is 9.84 Å². The normalized spacial score (nSPS) is 10.4. The van der Waals surface area contributed by atoms with Crippen molar-refractivity contribution in [2.45, 2.75) is 6.54 Å². The number of carbonyl (C=O) groups excluding carboxylic acids is 1. The molecule has 126 valence electrons. The molecule has 7 nitrogen and oxygen atoms in total. The first-order chi connectivity index (χ1) is 12.0. The second-order valence-electron chi connectivity index (χ2n) is 5.15. The fraction of sp³-hybridized carbons (Fsp3) is 0.0588. The van der Waals surface area contributed by atoms with Gasteiger partial charge in [0.25, 0.3) is 11.6 Å². The summed E-state index contributed by atoms with van der Waals surface area (Å²) in [6.45, 7) is 0.0683. The van der Waals surface area contributed by atoms with Crippen molar-refractivity contribution >= 4 is 23.2 Å². The molecule has 0 aliphatic heterocycles. The van der Waals surface area contributed by atoms with Crippen molar-refractivity contribution in [3.05, 3.63) is 81.0 Å². The molecular formula is C17H12ClN3O4. The molecule has 1 heterocycles. The Hall–Kier alpha value is -3.19. The summed E-state index contributed by atoms with van der Waals surface area (Å²) in [4.78, 5) is 22.6. The van der Waals surface area contributed by atoms with E-state index in [2.05, 4.69) is 10.5 Å². The Morgan fingerprint density at radius 3 is 2.68 bits per heavy atom. The third-order valence-corrected chi connectivity index (χ3v) is 3.68. The van der Waals surface area contributed by atoms with Crippen LogP contribution in [-0.2, 0) is 6.54 Å². The van der Waals surface area contributed by atoms with Crippen LogP contribution in [0.5, 0.6) is 0 Å². The third-order valence-electron chi connectivity index (χ3n) is 3.45. The van der Waals surface area contributed by atoms with Gasteiger partial charge in [-0.2, -0.15) is 0 Å². The van der Waals surface area contributed by atoms with E-state index in [0.29, 0.717) is 11.5 Å². The maximum atomic E-state index is 12.2. The zero-order valence-corrected chi connectivity index (χ0v) is 13.6. The van der Waals surface area contributed by atoms with Gasteiger partial charge in [0.05, 0.1) is 11.5 Å². The van der Waals surface area contributed by atoms with Crippen LogP contribution < -0.4 is 5.32 Å². The lowest BCUT2D eigenvalue weighted by molar-refractivity contribution is -0.385. The average molecular weight is 358 g/mol. The van der Waals surface area contributed by atoms with E-state index in [0.717, 1.165) is 5.56 Å². The second-order valence-corrected chi connectivity index (χ2v) is 5.59. The summed E-state index contributed by atoms with van der Waals surface area (Å²) in [6.07, 6.45) is 0. The molecule has 0 bridgehead atoms. The van der Waals surface area contributed by atoms with E-state index in [4.69, 9.17) is 16.1 Å². The van der Waals surface area contributed by atoms with E-state index in [-0.39, 0.29) is 22.8 Å². The van der Waals surface area contributed by atoms with Crippen molar-refractivity contribution in [1.82, 2.24) is 10.5 Å². The number of rotatable bonds is 5. The van der Waals surface area contributed by atoms with E-state index < -0.39 is 10.8 Å². The maximum Gasteiger partial charge on any atom is 0.282 e. The van der Waals surface area contributed by atoms with Crippen LogP contribution in [0.1, 0.15) is 16.1 Å². The second kappa shape index (κ2) is 7.14. The smallest absolute Gasteiger partial charge is 0.282 e. The Morgan fingerprint density at radius 2 is 1.96 bits per heavy atom. The summed E-state index contributed by atoms with van der Waals surface area (Å²) < 4.78 is 5.24. The van der Waals surface area contributed by atoms with E-state index in [9.17, 15) is 14.9 Å². The lowest BCUT2D eigenvalue weighted by Crippen LogP contribution is -2.23. The number of nitro benzene ring substituents is 1. The molecule has 3 rings (SSSR count). The molecule has 3 aromatic rings. The predicted molar refractivity (Wildman–Crippen MR) is 91.2 cm³/mol. The standard InChI is InChI=1S/C17H12ClN3O4/c18-12-6-7-15(21(23)24)14(8-12)17(22)19-10-13-9-16(25-20-13)11-4-2-1-3-5-11/h1-9H,10H2,(H,19,22). The van der Waals surface area contributed by atoms with E-state index in [1.807, 2.05) is 30.3 Å². The number of benzene rings is 2. The summed E-state index contributed by atoms with van der Waals surface area (Å²) in [5.41, 5.74) is 0.936. The minimum absolute atomic E-state index is 0.0683. The van der Waals surface area contributed by atoms with Crippen LogP contribution in [0.15, 0.2) is 59.1 Å². The number of halogens is 1. The van der Waals surface area contributed by atoms with Crippen LogP contribution in [0.3, 0.4) is 0 Å². The van der Waals surface area contributed by atoms with Crippen LogP contribution in [0.2, 0.25) is 5.02 Å². The van der Waals surface area contributed by atoms with E-state index in [1.165, 1.54) is 18.2 Å². The van der Waals surface area contributed by atoms with Gasteiger partial charge in [-0.3, -0.25) is 14.9 Å². The van der Waals surface area contributed by atoms with Gasteiger partial charge in [-0.25, -0.2) is 0 Å². The highest BCUT2D eigenvalue weighted by Crippen LogP contribution is 2.23. The number of nitro groups is 1. The van der Waals surface area contributed by atoms with Gasteiger partial charge in [0.15, 0.2) is 5.76 Å². The van der Waals surface area contributed by atoms with Gasteiger partial charge in [0.2, 0.25) is 0 Å². The SMILES string of the molecule is O=C(NCc1cc(-c2ccccc2)on1)c1cc(Cl)ccc1[N+](=O)[O-]. The highest BCUT2D eigenvalue weighted by atomic mass is 35.5. The number of nitrogens with one attached hydrogen (secondary N) is 1. The van der Waals surface area contributed by atoms with Crippen LogP contribution in [0, 0.1) is 10.1 Å². The fourth-order valence-electron chi connectivity index (χ4n) is 2.25. The molecule has 25 heavy (non-hydrogen) atoms. The Kier molecular flexibility index (Phi) is 4.76. The zero-order chi connectivity index (χ0) is 17.8. The van der Waals surface area contributed by atoms with Crippen LogP contribution in [0.25, 0.3) is 11.3 Å². The molecule has 0 aliphatic rings. The first kappa shape index (κ1) is 16.7. The summed E-state index contributed by atoms with van der Waals surface area (Å²) in [5, 5.41) is 17.7. The monoisotopic (exact) mass is 357 g/mol. The minimum atomic E-state index is -0.630. The molecule has 0 radical (unpaired) electrons. The summed E-state index contributed by atoms with van der Waals surface area (Å²) in [6, 6.07) is 14.9. The molecule has 0 atom stereocenters. The van der Waals surface area contributed by atoms with Crippen LogP contribution in [-0.4, -0.2) is 16.0 Å². The van der Waals surface area contributed by atoms with Crippen molar-refractivity contribution < 1.29 is 14.2 Å². The van der Waals surface area contributed by atoms with E-state index in [1.54, 1.807) is 6.07 Å². The van der Waals surface area contributed by atoms with Crippen molar-refractivity contribution in [2.75, 3.05) is 0 Å². The molecule has 1 aromatic heterocycles. The van der Waals surface area contributed by atoms with Gasteiger partial charge >= 0.3 is 0 Å². The predicted octanol–water partition coefficient (Wildman–Crippen LogP) is 3.83. The highest BCUT2D eigenvalue weighted by Gasteiger charge is 2.20. The van der Waals surface area contributed by atoms with Gasteiger partial charge in [-0.1, -0.05) is 47.1 Å². The molecule has 0 saturated carbocycles. The fourth-order valence-corrected chi connectivity index (χ4v) is 2.42. The van der Waals surface area contributed by atoms with Gasteiger partial charge in [-0.15, -0.1) is 0 Å². The van der Waals surface area contributed by atoms with E-state index >= 15 is 0 Å². The Bertz CT molecular complexity index is 925. The lowest BCUT2D eigenvalue weighted by atomic mass is 10.1. The minimum Gasteiger partial charge on any atom is -0.356 e. The molecule has 2 aromatic carbocycles. The summed E-state index contributed by atoms with van der Waals surface area (Å²) in [7, 11) is 0. The van der Waals surface area contributed by atoms with Gasteiger partial charge in [0.1, 0.15) is 11.3 Å². The van der Waals surface area contributed by atoms with Crippen molar-refractivity contribution in [1.29, 1.82) is 0 Å². The number of amides is 1. The van der Waals surface area contributed by atoms with Crippen molar-refractivity contribution in [3.63, 3.8) is 0 Å². The number of hydrogen-bond acceptors (Lipinski definition) is 5. The van der Waals surface area contributed by atoms with Gasteiger partial charge in [0, 0.05) is 22.7 Å². The number of aromatic nitrogens is 1. The largest absolute Gasteiger partial charge is 0.356 e. The number of nitrogens with zero attached hydrogens (tertiary/aromatic N) is 2. The highest BCUT2D eigenvalue weighted by molar-refractivity contribution is 6.31. The third kappa shape index (κ3) is 3.84. The Balaban J connectivity index is 1.72.